The van der Waals surface area contributed by atoms with E-state index in [9.17, 15) is 13.2 Å². The van der Waals surface area contributed by atoms with Gasteiger partial charge >= 0.3 is 0 Å². The smallest absolute Gasteiger partial charge is 0.264 e. The summed E-state index contributed by atoms with van der Waals surface area (Å²) in [5.41, 5.74) is 1.20. The molecule has 4 rings (SSSR count). The summed E-state index contributed by atoms with van der Waals surface area (Å²) >= 11 is 5.91. The van der Waals surface area contributed by atoms with Gasteiger partial charge in [-0.3, -0.25) is 9.10 Å². The SMILES string of the molecule is CC(NC(=O)CN(c1ccccc1)S(=O)(=O)c1ccc(Cl)cc1)c1ccc2c(c1)OCCO2. The number of rotatable bonds is 7. The van der Waals surface area contributed by atoms with E-state index in [-0.39, 0.29) is 17.5 Å². The van der Waals surface area contributed by atoms with Crippen LogP contribution >= 0.6 is 11.6 Å². The molecule has 1 aliphatic heterocycles. The van der Waals surface area contributed by atoms with E-state index >= 15 is 0 Å². The maximum Gasteiger partial charge on any atom is 0.264 e. The Morgan fingerprint density at radius 3 is 2.36 bits per heavy atom. The molecule has 0 saturated heterocycles. The molecule has 3 aromatic carbocycles. The predicted octanol–water partition coefficient (Wildman–Crippen LogP) is 4.18. The fourth-order valence-corrected chi connectivity index (χ4v) is 5.02. The molecule has 0 saturated carbocycles. The van der Waals surface area contributed by atoms with Crippen LogP contribution in [0, 0.1) is 0 Å². The Bertz CT molecular complexity index is 1230. The van der Waals surface area contributed by atoms with Gasteiger partial charge in [0.15, 0.2) is 11.5 Å². The molecule has 0 aromatic heterocycles. The van der Waals surface area contributed by atoms with Crippen LogP contribution in [-0.2, 0) is 14.8 Å². The fourth-order valence-electron chi connectivity index (χ4n) is 3.47. The Morgan fingerprint density at radius 2 is 1.67 bits per heavy atom. The number of halogens is 1. The molecule has 9 heteroatoms. The highest BCUT2D eigenvalue weighted by Crippen LogP contribution is 2.32. The van der Waals surface area contributed by atoms with Gasteiger partial charge in [0.1, 0.15) is 19.8 Å². The summed E-state index contributed by atoms with van der Waals surface area (Å²) in [6, 6.07) is 19.4. The van der Waals surface area contributed by atoms with E-state index in [0.717, 1.165) is 9.87 Å². The molecule has 33 heavy (non-hydrogen) atoms. The Morgan fingerprint density at radius 1 is 1.00 bits per heavy atom. The monoisotopic (exact) mass is 486 g/mol. The third kappa shape index (κ3) is 5.23. The summed E-state index contributed by atoms with van der Waals surface area (Å²) in [6.07, 6.45) is 0. The molecule has 1 amide bonds. The molecule has 7 nitrogen and oxygen atoms in total. The van der Waals surface area contributed by atoms with Gasteiger partial charge < -0.3 is 14.8 Å². The molecular formula is C24H23ClN2O5S. The highest BCUT2D eigenvalue weighted by Gasteiger charge is 2.28. The number of hydrogen-bond acceptors (Lipinski definition) is 5. The number of nitrogens with one attached hydrogen (secondary N) is 1. The van der Waals surface area contributed by atoms with Crippen LogP contribution in [0.4, 0.5) is 5.69 Å². The molecule has 1 N–H and O–H groups in total. The van der Waals surface area contributed by atoms with Crippen LogP contribution in [0.3, 0.4) is 0 Å². The van der Waals surface area contributed by atoms with Crippen molar-refractivity contribution in [3.05, 3.63) is 83.4 Å². The minimum absolute atomic E-state index is 0.0448. The lowest BCUT2D eigenvalue weighted by molar-refractivity contribution is -0.120. The van der Waals surface area contributed by atoms with E-state index in [1.54, 1.807) is 36.4 Å². The van der Waals surface area contributed by atoms with E-state index in [1.807, 2.05) is 19.1 Å². The zero-order chi connectivity index (χ0) is 23.4. The molecule has 1 atom stereocenters. The number of benzene rings is 3. The number of carbonyl (C=O) groups excluding carboxylic acids is 1. The molecule has 172 valence electrons. The second kappa shape index (κ2) is 9.72. The third-order valence-corrected chi connectivity index (χ3v) is 7.22. The summed E-state index contributed by atoms with van der Waals surface area (Å²) in [4.78, 5) is 13.0. The summed E-state index contributed by atoms with van der Waals surface area (Å²) in [5.74, 6) is 0.836. The van der Waals surface area contributed by atoms with Crippen molar-refractivity contribution < 1.29 is 22.7 Å². The highest BCUT2D eigenvalue weighted by atomic mass is 35.5. The van der Waals surface area contributed by atoms with Gasteiger partial charge in [-0.15, -0.1) is 0 Å². The molecule has 1 unspecified atom stereocenters. The second-order valence-electron chi connectivity index (χ2n) is 7.49. The topological polar surface area (TPSA) is 84.9 Å². The van der Waals surface area contributed by atoms with Crippen LogP contribution in [-0.4, -0.2) is 34.1 Å². The van der Waals surface area contributed by atoms with Crippen molar-refractivity contribution in [3.63, 3.8) is 0 Å². The van der Waals surface area contributed by atoms with Crippen molar-refractivity contribution in [2.24, 2.45) is 0 Å². The first-order chi connectivity index (χ1) is 15.8. The number of sulfonamides is 1. The molecule has 1 heterocycles. The van der Waals surface area contributed by atoms with Gasteiger partial charge in [-0.1, -0.05) is 35.9 Å². The van der Waals surface area contributed by atoms with Gasteiger partial charge in [0.2, 0.25) is 5.91 Å². The Labute approximate surface area is 197 Å². The number of para-hydroxylation sites is 1. The van der Waals surface area contributed by atoms with Gasteiger partial charge in [0.05, 0.1) is 16.6 Å². The third-order valence-electron chi connectivity index (χ3n) is 5.18. The maximum absolute atomic E-state index is 13.4. The molecule has 0 bridgehead atoms. The summed E-state index contributed by atoms with van der Waals surface area (Å²) in [6.45, 7) is 2.40. The van der Waals surface area contributed by atoms with E-state index in [4.69, 9.17) is 21.1 Å². The predicted molar refractivity (Wildman–Crippen MR) is 126 cm³/mol. The lowest BCUT2D eigenvalue weighted by atomic mass is 10.1. The summed E-state index contributed by atoms with van der Waals surface area (Å²) < 4.78 is 39.0. The van der Waals surface area contributed by atoms with Crippen LogP contribution in [0.1, 0.15) is 18.5 Å². The minimum Gasteiger partial charge on any atom is -0.486 e. The Hall–Kier alpha value is -3.23. The zero-order valence-corrected chi connectivity index (χ0v) is 19.5. The number of hydrogen-bond donors (Lipinski definition) is 1. The van der Waals surface area contributed by atoms with Crippen molar-refractivity contribution in [2.45, 2.75) is 17.9 Å². The average molecular weight is 487 g/mol. The maximum atomic E-state index is 13.4. The Kier molecular flexibility index (Phi) is 6.76. The van der Waals surface area contributed by atoms with Crippen molar-refractivity contribution in [1.82, 2.24) is 5.32 Å². The summed E-state index contributed by atoms with van der Waals surface area (Å²) in [7, 11) is -4.00. The quantitative estimate of drug-likeness (QED) is 0.541. The van der Waals surface area contributed by atoms with Crippen molar-refractivity contribution >= 4 is 33.2 Å². The van der Waals surface area contributed by atoms with Crippen molar-refractivity contribution in [1.29, 1.82) is 0 Å². The number of ether oxygens (including phenoxy) is 2. The first-order valence-corrected chi connectivity index (χ1v) is 12.2. The van der Waals surface area contributed by atoms with Gasteiger partial charge in [-0.25, -0.2) is 8.42 Å². The van der Waals surface area contributed by atoms with Crippen LogP contribution in [0.15, 0.2) is 77.7 Å². The first kappa shape index (κ1) is 22.9. The van der Waals surface area contributed by atoms with Crippen LogP contribution in [0.5, 0.6) is 11.5 Å². The van der Waals surface area contributed by atoms with Crippen LogP contribution < -0.4 is 19.1 Å². The van der Waals surface area contributed by atoms with Crippen molar-refractivity contribution in [2.75, 3.05) is 24.1 Å². The highest BCUT2D eigenvalue weighted by molar-refractivity contribution is 7.92. The Balaban J connectivity index is 1.55. The van der Waals surface area contributed by atoms with Crippen LogP contribution in [0.2, 0.25) is 5.02 Å². The molecule has 0 aliphatic carbocycles. The molecule has 0 radical (unpaired) electrons. The van der Waals surface area contributed by atoms with Gasteiger partial charge in [-0.05, 0) is 61.0 Å². The lowest BCUT2D eigenvalue weighted by Gasteiger charge is -2.25. The zero-order valence-electron chi connectivity index (χ0n) is 17.9. The molecular weight excluding hydrogens is 464 g/mol. The number of nitrogens with zero attached hydrogens (tertiary/aromatic N) is 1. The van der Waals surface area contributed by atoms with E-state index in [2.05, 4.69) is 5.32 Å². The van der Waals surface area contributed by atoms with Gasteiger partial charge in [0, 0.05) is 5.02 Å². The van der Waals surface area contributed by atoms with Gasteiger partial charge in [-0.2, -0.15) is 0 Å². The molecule has 1 aliphatic rings. The standard InChI is InChI=1S/C24H23ClN2O5S/c1-17(18-7-12-22-23(15-18)32-14-13-31-22)26-24(28)16-27(20-5-3-2-4-6-20)33(29,30)21-10-8-19(25)9-11-21/h2-12,15,17H,13-14,16H2,1H3,(H,26,28). The number of anilines is 1. The second-order valence-corrected chi connectivity index (χ2v) is 9.79. The molecule has 0 spiro atoms. The molecule has 0 fully saturated rings. The number of amides is 1. The first-order valence-electron chi connectivity index (χ1n) is 10.4. The average Bonchev–Trinajstić information content (AvgIpc) is 2.83. The molecule has 3 aromatic rings. The number of fused-ring (bicyclic) bond motifs is 1. The van der Waals surface area contributed by atoms with E-state index in [1.165, 1.54) is 24.3 Å². The fraction of sp³-hybridized carbons (Fsp3) is 0.208. The largest absolute Gasteiger partial charge is 0.486 e. The lowest BCUT2D eigenvalue weighted by Crippen LogP contribution is -2.41. The van der Waals surface area contributed by atoms with Crippen molar-refractivity contribution in [3.8, 4) is 11.5 Å². The normalized spacial score (nSPS) is 13.8. The minimum atomic E-state index is -4.00. The van der Waals surface area contributed by atoms with Crippen LogP contribution in [0.25, 0.3) is 0 Å². The van der Waals surface area contributed by atoms with E-state index in [0.29, 0.717) is 35.4 Å². The van der Waals surface area contributed by atoms with E-state index < -0.39 is 15.9 Å². The number of carbonyl (C=O) groups is 1. The van der Waals surface area contributed by atoms with Gasteiger partial charge in [0.25, 0.3) is 10.0 Å². The summed E-state index contributed by atoms with van der Waals surface area (Å²) in [5, 5.41) is 3.30.